The molecule has 2 N–H and O–H groups in total. The molecule has 0 aliphatic carbocycles. The molecule has 0 amide bonds. The van der Waals surface area contributed by atoms with Crippen molar-refractivity contribution in [2.45, 2.75) is 6.92 Å². The van der Waals surface area contributed by atoms with Gasteiger partial charge in [-0.15, -0.1) is 0 Å². The second kappa shape index (κ2) is 5.13. The molecule has 0 radical (unpaired) electrons. The molecule has 1 heterocycles. The summed E-state index contributed by atoms with van der Waals surface area (Å²) < 4.78 is 1.01. The van der Waals surface area contributed by atoms with Crippen LogP contribution in [0, 0.1) is 6.92 Å². The first-order valence-corrected chi connectivity index (χ1v) is 7.04. The van der Waals surface area contributed by atoms with E-state index in [9.17, 15) is 5.11 Å². The Morgan fingerprint density at radius 1 is 1.10 bits per heavy atom. The minimum atomic E-state index is 0.259. The molecule has 1 aromatic heterocycles. The fourth-order valence-corrected chi connectivity index (χ4v) is 2.52. The number of halogens is 1. The number of H-pyrrole nitrogens is 1. The van der Waals surface area contributed by atoms with Crippen LogP contribution in [-0.2, 0) is 0 Å². The highest BCUT2D eigenvalue weighted by Crippen LogP contribution is 2.31. The summed E-state index contributed by atoms with van der Waals surface area (Å²) in [5, 5.41) is 17.3. The van der Waals surface area contributed by atoms with Crippen LogP contribution in [0.25, 0.3) is 22.5 Å². The molecule has 3 aromatic rings. The number of hydrogen-bond acceptors (Lipinski definition) is 2. The largest absolute Gasteiger partial charge is 0.507 e. The first-order chi connectivity index (χ1) is 9.63. The Morgan fingerprint density at radius 3 is 2.70 bits per heavy atom. The minimum Gasteiger partial charge on any atom is -0.507 e. The zero-order valence-electron chi connectivity index (χ0n) is 10.9. The zero-order chi connectivity index (χ0) is 14.1. The standard InChI is InChI=1S/C16H13BrN2O/c1-10-5-6-13(16(20)7-10)15-9-14(18-19-15)11-3-2-4-12(17)8-11/h2-9,20H,1H3,(H,18,19). The summed E-state index contributed by atoms with van der Waals surface area (Å²) in [6.07, 6.45) is 0. The SMILES string of the molecule is Cc1ccc(-c2cc(-c3cccc(Br)c3)n[nH]2)c(O)c1. The van der Waals surface area contributed by atoms with Crippen LogP contribution in [-0.4, -0.2) is 15.3 Å². The lowest BCUT2D eigenvalue weighted by molar-refractivity contribution is 0.476. The molecule has 0 saturated heterocycles. The molecular formula is C16H13BrN2O. The van der Waals surface area contributed by atoms with E-state index in [4.69, 9.17) is 0 Å². The van der Waals surface area contributed by atoms with Crippen molar-refractivity contribution >= 4 is 15.9 Å². The molecule has 2 aromatic carbocycles. The zero-order valence-corrected chi connectivity index (χ0v) is 12.5. The van der Waals surface area contributed by atoms with E-state index < -0.39 is 0 Å². The smallest absolute Gasteiger partial charge is 0.125 e. The van der Waals surface area contributed by atoms with Gasteiger partial charge in [0.2, 0.25) is 0 Å². The van der Waals surface area contributed by atoms with Crippen LogP contribution in [0.15, 0.2) is 53.0 Å². The number of aromatic hydroxyl groups is 1. The first-order valence-electron chi connectivity index (χ1n) is 6.25. The number of nitrogens with one attached hydrogen (secondary N) is 1. The molecule has 0 aliphatic heterocycles. The first kappa shape index (κ1) is 12.9. The lowest BCUT2D eigenvalue weighted by Crippen LogP contribution is -1.80. The summed E-state index contributed by atoms with van der Waals surface area (Å²) in [4.78, 5) is 0. The Morgan fingerprint density at radius 2 is 1.95 bits per heavy atom. The molecule has 100 valence electrons. The number of nitrogens with zero attached hydrogens (tertiary/aromatic N) is 1. The van der Waals surface area contributed by atoms with Gasteiger partial charge >= 0.3 is 0 Å². The normalized spacial score (nSPS) is 10.7. The maximum absolute atomic E-state index is 10.0. The number of phenolic OH excluding ortho intramolecular Hbond substituents is 1. The van der Waals surface area contributed by atoms with Crippen LogP contribution >= 0.6 is 15.9 Å². The highest BCUT2D eigenvalue weighted by molar-refractivity contribution is 9.10. The summed E-state index contributed by atoms with van der Waals surface area (Å²) >= 11 is 3.45. The van der Waals surface area contributed by atoms with Crippen molar-refractivity contribution < 1.29 is 5.11 Å². The van der Waals surface area contributed by atoms with E-state index in [0.29, 0.717) is 0 Å². The molecule has 4 heteroatoms. The fourth-order valence-electron chi connectivity index (χ4n) is 2.12. The third kappa shape index (κ3) is 2.47. The Bertz CT molecular complexity index is 765. The number of phenols is 1. The van der Waals surface area contributed by atoms with Crippen molar-refractivity contribution in [2.75, 3.05) is 0 Å². The van der Waals surface area contributed by atoms with E-state index in [1.807, 2.05) is 49.4 Å². The Labute approximate surface area is 125 Å². The maximum Gasteiger partial charge on any atom is 0.125 e. The van der Waals surface area contributed by atoms with Gasteiger partial charge in [0.1, 0.15) is 5.75 Å². The second-order valence-corrected chi connectivity index (χ2v) is 5.61. The molecular weight excluding hydrogens is 316 g/mol. The van der Waals surface area contributed by atoms with E-state index in [-0.39, 0.29) is 5.75 Å². The van der Waals surface area contributed by atoms with Crippen LogP contribution in [0.5, 0.6) is 5.75 Å². The third-order valence-electron chi connectivity index (χ3n) is 3.14. The number of benzene rings is 2. The number of aromatic amines is 1. The van der Waals surface area contributed by atoms with Crippen molar-refractivity contribution in [3.8, 4) is 28.3 Å². The topological polar surface area (TPSA) is 48.9 Å². The predicted octanol–water partition coefficient (Wildman–Crippen LogP) is 4.52. The van der Waals surface area contributed by atoms with Gasteiger partial charge in [0, 0.05) is 15.6 Å². The second-order valence-electron chi connectivity index (χ2n) is 4.70. The molecule has 0 bridgehead atoms. The van der Waals surface area contributed by atoms with E-state index in [0.717, 1.165) is 32.6 Å². The lowest BCUT2D eigenvalue weighted by atomic mass is 10.1. The molecule has 0 spiro atoms. The van der Waals surface area contributed by atoms with Crippen LogP contribution < -0.4 is 0 Å². The predicted molar refractivity (Wildman–Crippen MR) is 83.6 cm³/mol. The van der Waals surface area contributed by atoms with Gasteiger partial charge in [0.05, 0.1) is 11.4 Å². The number of rotatable bonds is 2. The van der Waals surface area contributed by atoms with E-state index >= 15 is 0 Å². The fraction of sp³-hybridized carbons (Fsp3) is 0.0625. The lowest BCUT2D eigenvalue weighted by Gasteiger charge is -2.02. The molecule has 0 aliphatic rings. The van der Waals surface area contributed by atoms with Crippen molar-refractivity contribution in [3.63, 3.8) is 0 Å². The Balaban J connectivity index is 2.02. The quantitative estimate of drug-likeness (QED) is 0.726. The molecule has 20 heavy (non-hydrogen) atoms. The molecule has 0 fully saturated rings. The monoisotopic (exact) mass is 328 g/mol. The average Bonchev–Trinajstić information content (AvgIpc) is 2.88. The van der Waals surface area contributed by atoms with Crippen LogP contribution in [0.3, 0.4) is 0 Å². The van der Waals surface area contributed by atoms with Gasteiger partial charge in [-0.1, -0.05) is 34.1 Å². The van der Waals surface area contributed by atoms with Crippen molar-refractivity contribution in [1.82, 2.24) is 10.2 Å². The summed E-state index contributed by atoms with van der Waals surface area (Å²) in [5.74, 6) is 0.259. The molecule has 0 atom stereocenters. The Hall–Kier alpha value is -2.07. The molecule has 0 unspecified atom stereocenters. The van der Waals surface area contributed by atoms with Crippen molar-refractivity contribution in [3.05, 3.63) is 58.6 Å². The summed E-state index contributed by atoms with van der Waals surface area (Å²) in [6.45, 7) is 1.95. The highest BCUT2D eigenvalue weighted by atomic mass is 79.9. The van der Waals surface area contributed by atoms with Gasteiger partial charge in [-0.3, -0.25) is 5.10 Å². The average molecular weight is 329 g/mol. The minimum absolute atomic E-state index is 0.259. The summed E-state index contributed by atoms with van der Waals surface area (Å²) in [7, 11) is 0. The number of hydrogen-bond donors (Lipinski definition) is 2. The maximum atomic E-state index is 10.0. The third-order valence-corrected chi connectivity index (χ3v) is 3.63. The van der Waals surface area contributed by atoms with E-state index in [2.05, 4.69) is 26.1 Å². The van der Waals surface area contributed by atoms with Gasteiger partial charge in [0.25, 0.3) is 0 Å². The van der Waals surface area contributed by atoms with Crippen LogP contribution in [0.2, 0.25) is 0 Å². The van der Waals surface area contributed by atoms with Gasteiger partial charge in [-0.25, -0.2) is 0 Å². The summed E-state index contributed by atoms with van der Waals surface area (Å²) in [6, 6.07) is 15.5. The van der Waals surface area contributed by atoms with Crippen molar-refractivity contribution in [2.24, 2.45) is 0 Å². The highest BCUT2D eigenvalue weighted by Gasteiger charge is 2.09. The Kier molecular flexibility index (Phi) is 3.32. The molecule has 0 saturated carbocycles. The van der Waals surface area contributed by atoms with Gasteiger partial charge in [-0.05, 0) is 42.8 Å². The van der Waals surface area contributed by atoms with Gasteiger partial charge in [0.15, 0.2) is 0 Å². The summed E-state index contributed by atoms with van der Waals surface area (Å²) in [5.41, 5.74) is 4.45. The van der Waals surface area contributed by atoms with Crippen molar-refractivity contribution in [1.29, 1.82) is 0 Å². The van der Waals surface area contributed by atoms with Crippen LogP contribution in [0.1, 0.15) is 5.56 Å². The van der Waals surface area contributed by atoms with Crippen LogP contribution in [0.4, 0.5) is 0 Å². The van der Waals surface area contributed by atoms with E-state index in [1.165, 1.54) is 0 Å². The molecule has 3 rings (SSSR count). The van der Waals surface area contributed by atoms with Gasteiger partial charge < -0.3 is 5.11 Å². The molecule has 3 nitrogen and oxygen atoms in total. The number of aromatic nitrogens is 2. The van der Waals surface area contributed by atoms with E-state index in [1.54, 1.807) is 6.07 Å². The number of aryl methyl sites for hydroxylation is 1. The van der Waals surface area contributed by atoms with Gasteiger partial charge in [-0.2, -0.15) is 5.10 Å².